The maximum atomic E-state index is 12.6. The molecule has 1 heterocycles. The zero-order valence-corrected chi connectivity index (χ0v) is 6.15. The number of halogens is 2. The molecule has 11 heavy (non-hydrogen) atoms. The SMILES string of the molecule is C=[N+]1CCC(=O)C(F)(F)CC1. The van der Waals surface area contributed by atoms with Gasteiger partial charge in [0.2, 0.25) is 5.78 Å². The highest BCUT2D eigenvalue weighted by Crippen LogP contribution is 2.23. The quantitative estimate of drug-likeness (QED) is 0.480. The summed E-state index contributed by atoms with van der Waals surface area (Å²) in [5.74, 6) is -4.07. The van der Waals surface area contributed by atoms with E-state index in [1.165, 1.54) is 4.58 Å². The molecule has 0 unspecified atom stereocenters. The smallest absolute Gasteiger partial charge is 0.293 e. The summed E-state index contributed by atoms with van der Waals surface area (Å²) in [7, 11) is 0. The van der Waals surface area contributed by atoms with E-state index >= 15 is 0 Å². The zero-order chi connectivity index (χ0) is 8.48. The van der Waals surface area contributed by atoms with Crippen molar-refractivity contribution < 1.29 is 18.2 Å². The van der Waals surface area contributed by atoms with Gasteiger partial charge in [0.05, 0.1) is 12.8 Å². The fraction of sp³-hybridized carbons (Fsp3) is 0.714. The predicted octanol–water partition coefficient (Wildman–Crippen LogP) is 0.698. The molecule has 0 aromatic heterocycles. The van der Waals surface area contributed by atoms with E-state index in [0.29, 0.717) is 6.54 Å². The molecule has 1 fully saturated rings. The average Bonchev–Trinajstić information content (AvgIpc) is 2.03. The molecule has 1 saturated heterocycles. The molecule has 0 aromatic carbocycles. The van der Waals surface area contributed by atoms with Crippen LogP contribution < -0.4 is 0 Å². The van der Waals surface area contributed by atoms with Crippen molar-refractivity contribution in [3.63, 3.8) is 0 Å². The lowest BCUT2D eigenvalue weighted by atomic mass is 10.1. The molecule has 0 aromatic rings. The highest BCUT2D eigenvalue weighted by molar-refractivity contribution is 5.85. The van der Waals surface area contributed by atoms with E-state index in [9.17, 15) is 13.6 Å². The Morgan fingerprint density at radius 2 is 2.09 bits per heavy atom. The average molecular weight is 162 g/mol. The second-order valence-corrected chi connectivity index (χ2v) is 2.75. The van der Waals surface area contributed by atoms with Crippen LogP contribution in [0.2, 0.25) is 0 Å². The summed E-state index contributed by atoms with van der Waals surface area (Å²) in [6, 6.07) is 0. The Hall–Kier alpha value is -0.800. The number of alkyl halides is 2. The second kappa shape index (κ2) is 2.68. The molecule has 1 rings (SSSR count). The van der Waals surface area contributed by atoms with Crippen molar-refractivity contribution in [1.82, 2.24) is 0 Å². The number of carbonyl (C=O) groups is 1. The van der Waals surface area contributed by atoms with Crippen molar-refractivity contribution >= 4 is 12.5 Å². The van der Waals surface area contributed by atoms with Crippen LogP contribution in [0.3, 0.4) is 0 Å². The van der Waals surface area contributed by atoms with Crippen LogP contribution >= 0.6 is 0 Å². The summed E-state index contributed by atoms with van der Waals surface area (Å²) in [6.07, 6.45) is -0.480. The highest BCUT2D eigenvalue weighted by Gasteiger charge is 2.41. The summed E-state index contributed by atoms with van der Waals surface area (Å²) in [5.41, 5.74) is 0. The molecule has 2 nitrogen and oxygen atoms in total. The Balaban J connectivity index is 2.71. The van der Waals surface area contributed by atoms with Gasteiger partial charge in [-0.2, -0.15) is 8.78 Å². The Labute approximate surface area is 63.5 Å². The van der Waals surface area contributed by atoms with E-state index in [4.69, 9.17) is 0 Å². The number of rotatable bonds is 0. The molecule has 0 amide bonds. The van der Waals surface area contributed by atoms with Gasteiger partial charge < -0.3 is 0 Å². The third-order valence-corrected chi connectivity index (χ3v) is 1.81. The van der Waals surface area contributed by atoms with Crippen molar-refractivity contribution in [2.75, 3.05) is 13.1 Å². The fourth-order valence-corrected chi connectivity index (χ4v) is 0.992. The molecule has 4 heteroatoms. The number of carbonyl (C=O) groups excluding carboxylic acids is 1. The second-order valence-electron chi connectivity index (χ2n) is 2.75. The Morgan fingerprint density at radius 1 is 1.45 bits per heavy atom. The van der Waals surface area contributed by atoms with Crippen molar-refractivity contribution in [2.24, 2.45) is 0 Å². The summed E-state index contributed by atoms with van der Waals surface area (Å²) in [5, 5.41) is 0. The van der Waals surface area contributed by atoms with Gasteiger partial charge in [0.15, 0.2) is 0 Å². The van der Waals surface area contributed by atoms with E-state index in [2.05, 4.69) is 6.72 Å². The van der Waals surface area contributed by atoms with E-state index < -0.39 is 18.1 Å². The van der Waals surface area contributed by atoms with Gasteiger partial charge in [-0.1, -0.05) is 0 Å². The van der Waals surface area contributed by atoms with Gasteiger partial charge in [-0.3, -0.25) is 4.79 Å². The molecule has 0 saturated carbocycles. The lowest BCUT2D eigenvalue weighted by molar-refractivity contribution is -0.518. The van der Waals surface area contributed by atoms with Gasteiger partial charge in [-0.15, -0.1) is 0 Å². The van der Waals surface area contributed by atoms with Crippen LogP contribution in [0.15, 0.2) is 0 Å². The summed E-state index contributed by atoms with van der Waals surface area (Å²) in [6.45, 7) is 4.04. The Kier molecular flexibility index (Phi) is 2.02. The lowest BCUT2D eigenvalue weighted by Gasteiger charge is -2.07. The van der Waals surface area contributed by atoms with E-state index in [1.54, 1.807) is 0 Å². The third-order valence-electron chi connectivity index (χ3n) is 1.81. The van der Waals surface area contributed by atoms with Crippen LogP contribution in [0.5, 0.6) is 0 Å². The topological polar surface area (TPSA) is 20.1 Å². The number of hydrogen-bond donors (Lipinski definition) is 0. The van der Waals surface area contributed by atoms with Crippen LogP contribution in [-0.4, -0.2) is 36.1 Å². The first-order valence-electron chi connectivity index (χ1n) is 3.49. The molecule has 0 atom stereocenters. The number of ketones is 1. The van der Waals surface area contributed by atoms with Crippen LogP contribution in [0.25, 0.3) is 0 Å². The molecule has 0 spiro atoms. The van der Waals surface area contributed by atoms with Crippen LogP contribution in [-0.2, 0) is 4.79 Å². The molecule has 0 radical (unpaired) electrons. The predicted molar refractivity (Wildman–Crippen MR) is 36.3 cm³/mol. The lowest BCUT2D eigenvalue weighted by Crippen LogP contribution is -2.27. The molecule has 0 bridgehead atoms. The molecule has 0 aliphatic carbocycles. The van der Waals surface area contributed by atoms with Crippen LogP contribution in [0.1, 0.15) is 12.8 Å². The van der Waals surface area contributed by atoms with Gasteiger partial charge in [-0.25, -0.2) is 4.58 Å². The summed E-state index contributed by atoms with van der Waals surface area (Å²) >= 11 is 0. The van der Waals surface area contributed by atoms with Crippen molar-refractivity contribution in [1.29, 1.82) is 0 Å². The maximum Gasteiger partial charge on any atom is 0.311 e. The monoisotopic (exact) mass is 162 g/mol. The molecular weight excluding hydrogens is 152 g/mol. The van der Waals surface area contributed by atoms with Gasteiger partial charge in [0, 0.05) is 0 Å². The first-order valence-corrected chi connectivity index (χ1v) is 3.49. The van der Waals surface area contributed by atoms with Crippen LogP contribution in [0.4, 0.5) is 8.78 Å². The van der Waals surface area contributed by atoms with Crippen molar-refractivity contribution in [3.05, 3.63) is 0 Å². The molecule has 1 aliphatic rings. The fourth-order valence-electron chi connectivity index (χ4n) is 0.992. The van der Waals surface area contributed by atoms with E-state index in [0.717, 1.165) is 0 Å². The number of Topliss-reactive ketones (excluding diaryl/α,β-unsaturated/α-hetero) is 1. The van der Waals surface area contributed by atoms with E-state index in [-0.39, 0.29) is 13.0 Å². The maximum absolute atomic E-state index is 12.6. The van der Waals surface area contributed by atoms with Gasteiger partial charge >= 0.3 is 5.92 Å². The zero-order valence-electron chi connectivity index (χ0n) is 6.15. The van der Waals surface area contributed by atoms with Gasteiger partial charge in [0.1, 0.15) is 19.8 Å². The highest BCUT2D eigenvalue weighted by atomic mass is 19.3. The summed E-state index contributed by atoms with van der Waals surface area (Å²) < 4.78 is 26.8. The number of hydrogen-bond acceptors (Lipinski definition) is 1. The molecule has 0 N–H and O–H groups in total. The molecule has 62 valence electrons. The van der Waals surface area contributed by atoms with Gasteiger partial charge in [-0.05, 0) is 0 Å². The number of nitrogens with zero attached hydrogens (tertiary/aromatic N) is 1. The first-order chi connectivity index (χ1) is 5.02. The minimum Gasteiger partial charge on any atom is -0.293 e. The first kappa shape index (κ1) is 8.30. The summed E-state index contributed by atoms with van der Waals surface area (Å²) in [4.78, 5) is 10.7. The Bertz CT molecular complexity index is 201. The third kappa shape index (κ3) is 1.82. The standard InChI is InChI=1S/C7H10F2NO/c1-10-4-2-6(11)7(8,9)3-5-10/h1-5H2/q+1. The minimum atomic E-state index is -3.12. The van der Waals surface area contributed by atoms with E-state index in [1.807, 2.05) is 0 Å². The molecular formula is C7H10F2NO+. The normalized spacial score (nSPS) is 24.9. The van der Waals surface area contributed by atoms with Crippen molar-refractivity contribution in [2.45, 2.75) is 18.8 Å². The van der Waals surface area contributed by atoms with Crippen LogP contribution in [0, 0.1) is 0 Å². The largest absolute Gasteiger partial charge is 0.311 e. The Morgan fingerprint density at radius 3 is 2.73 bits per heavy atom. The minimum absolute atomic E-state index is 0.0868. The van der Waals surface area contributed by atoms with Gasteiger partial charge in [0.25, 0.3) is 0 Å². The molecule has 1 aliphatic heterocycles. The van der Waals surface area contributed by atoms with Crippen molar-refractivity contribution in [3.8, 4) is 0 Å².